The van der Waals surface area contributed by atoms with Crippen LogP contribution in [-0.4, -0.2) is 6.03 Å². The van der Waals surface area contributed by atoms with E-state index in [9.17, 15) is 4.79 Å². The van der Waals surface area contributed by atoms with E-state index < -0.39 is 0 Å². The molecule has 3 heteroatoms. The van der Waals surface area contributed by atoms with Gasteiger partial charge in [0.1, 0.15) is 0 Å². The van der Waals surface area contributed by atoms with E-state index in [1.807, 2.05) is 54.6 Å². The van der Waals surface area contributed by atoms with Crippen LogP contribution in [-0.2, 0) is 6.42 Å². The van der Waals surface area contributed by atoms with Gasteiger partial charge in [0.25, 0.3) is 0 Å². The number of amides is 2. The number of urea groups is 1. The summed E-state index contributed by atoms with van der Waals surface area (Å²) in [6, 6.07) is 16.7. The summed E-state index contributed by atoms with van der Waals surface area (Å²) < 4.78 is 0. The highest BCUT2D eigenvalue weighted by atomic mass is 16.2. The lowest BCUT2D eigenvalue weighted by atomic mass is 10.1. The minimum Gasteiger partial charge on any atom is -0.308 e. The monoisotopic (exact) mass is 239 g/mol. The van der Waals surface area contributed by atoms with Crippen LogP contribution in [0.3, 0.4) is 0 Å². The summed E-state index contributed by atoms with van der Waals surface area (Å²) in [5.41, 5.74) is 2.68. The van der Waals surface area contributed by atoms with E-state index in [-0.39, 0.29) is 6.03 Å². The standard InChI is InChI=1S/C15H15N2O/c1-2-12-8-10-14(11-9-12)17-15(18)16-13-6-4-3-5-7-13/h3-11H,1-2H2,(H2,16,17,18). The van der Waals surface area contributed by atoms with Gasteiger partial charge in [-0.25, -0.2) is 4.79 Å². The largest absolute Gasteiger partial charge is 0.323 e. The number of anilines is 2. The van der Waals surface area contributed by atoms with E-state index >= 15 is 0 Å². The van der Waals surface area contributed by atoms with Gasteiger partial charge >= 0.3 is 6.03 Å². The van der Waals surface area contributed by atoms with Gasteiger partial charge in [0, 0.05) is 11.4 Å². The predicted molar refractivity (Wildman–Crippen MR) is 74.6 cm³/mol. The van der Waals surface area contributed by atoms with Gasteiger partial charge < -0.3 is 10.6 Å². The van der Waals surface area contributed by atoms with Gasteiger partial charge in [-0.2, -0.15) is 0 Å². The molecular formula is C15H15N2O. The molecule has 0 aliphatic carbocycles. The first-order valence-corrected chi connectivity index (χ1v) is 5.79. The van der Waals surface area contributed by atoms with E-state index in [0.717, 1.165) is 23.4 Å². The molecule has 2 amide bonds. The van der Waals surface area contributed by atoms with Crippen molar-refractivity contribution >= 4 is 17.4 Å². The molecule has 2 rings (SSSR count). The Morgan fingerprint density at radius 2 is 1.44 bits per heavy atom. The van der Waals surface area contributed by atoms with Gasteiger partial charge in [0.05, 0.1) is 0 Å². The summed E-state index contributed by atoms with van der Waals surface area (Å²) in [5, 5.41) is 5.53. The number of hydrogen-bond donors (Lipinski definition) is 2. The zero-order valence-corrected chi connectivity index (χ0v) is 10.0. The van der Waals surface area contributed by atoms with Crippen LogP contribution in [0, 0.1) is 6.92 Å². The van der Waals surface area contributed by atoms with Gasteiger partial charge in [0.2, 0.25) is 0 Å². The molecule has 0 heterocycles. The minimum atomic E-state index is -0.247. The molecule has 0 atom stereocenters. The van der Waals surface area contributed by atoms with Crippen LogP contribution >= 0.6 is 0 Å². The fraction of sp³-hybridized carbons (Fsp3) is 0.0667. The lowest BCUT2D eigenvalue weighted by molar-refractivity contribution is 0.262. The molecule has 0 unspecified atom stereocenters. The van der Waals surface area contributed by atoms with E-state index in [1.165, 1.54) is 0 Å². The molecule has 0 fully saturated rings. The van der Waals surface area contributed by atoms with Gasteiger partial charge in [-0.15, -0.1) is 0 Å². The Bertz CT molecular complexity index is 506. The lowest BCUT2D eigenvalue weighted by Gasteiger charge is -2.07. The van der Waals surface area contributed by atoms with Crippen LogP contribution < -0.4 is 10.6 Å². The number of hydrogen-bond acceptors (Lipinski definition) is 1. The third-order valence-electron chi connectivity index (χ3n) is 2.53. The Labute approximate surface area is 107 Å². The Kier molecular flexibility index (Phi) is 3.97. The number of para-hydroxylation sites is 1. The maximum absolute atomic E-state index is 11.7. The van der Waals surface area contributed by atoms with Crippen LogP contribution in [0.4, 0.5) is 16.2 Å². The average molecular weight is 239 g/mol. The molecule has 2 N–H and O–H groups in total. The lowest BCUT2D eigenvalue weighted by Crippen LogP contribution is -2.19. The summed E-state index contributed by atoms with van der Waals surface area (Å²) >= 11 is 0. The minimum absolute atomic E-state index is 0.247. The number of rotatable bonds is 3. The molecule has 2 aromatic carbocycles. The van der Waals surface area contributed by atoms with Gasteiger partial charge in [-0.3, -0.25) is 0 Å². The number of benzene rings is 2. The van der Waals surface area contributed by atoms with Crippen molar-refractivity contribution in [1.82, 2.24) is 0 Å². The molecule has 3 nitrogen and oxygen atoms in total. The van der Waals surface area contributed by atoms with Crippen molar-refractivity contribution in [2.24, 2.45) is 0 Å². The molecule has 0 aromatic heterocycles. The van der Waals surface area contributed by atoms with E-state index in [2.05, 4.69) is 17.6 Å². The first-order valence-electron chi connectivity index (χ1n) is 5.79. The van der Waals surface area contributed by atoms with Gasteiger partial charge in [0.15, 0.2) is 0 Å². The highest BCUT2D eigenvalue weighted by Gasteiger charge is 2.01. The average Bonchev–Trinajstić information content (AvgIpc) is 2.40. The SMILES string of the molecule is [CH2]Cc1ccc(NC(=O)Nc2ccccc2)cc1. The second-order valence-electron chi connectivity index (χ2n) is 3.89. The van der Waals surface area contributed by atoms with Gasteiger partial charge in [-0.05, 0) is 43.2 Å². The van der Waals surface area contributed by atoms with Crippen LogP contribution in [0.1, 0.15) is 5.56 Å². The fourth-order valence-corrected chi connectivity index (χ4v) is 1.57. The number of carbonyl (C=O) groups excluding carboxylic acids is 1. The number of carbonyl (C=O) groups is 1. The molecule has 2 aromatic rings. The molecule has 0 aliphatic heterocycles. The highest BCUT2D eigenvalue weighted by Crippen LogP contribution is 2.11. The van der Waals surface area contributed by atoms with E-state index in [0.29, 0.717) is 0 Å². The second-order valence-corrected chi connectivity index (χ2v) is 3.89. The molecule has 91 valence electrons. The third-order valence-corrected chi connectivity index (χ3v) is 2.53. The first-order chi connectivity index (χ1) is 8.78. The molecule has 0 bridgehead atoms. The zero-order chi connectivity index (χ0) is 12.8. The summed E-state index contributed by atoms with van der Waals surface area (Å²) in [6.45, 7) is 3.80. The van der Waals surface area contributed by atoms with Crippen molar-refractivity contribution < 1.29 is 4.79 Å². The maximum atomic E-state index is 11.7. The first kappa shape index (κ1) is 12.2. The second kappa shape index (κ2) is 5.87. The van der Waals surface area contributed by atoms with Crippen molar-refractivity contribution in [3.05, 3.63) is 67.1 Å². The van der Waals surface area contributed by atoms with Crippen molar-refractivity contribution in [1.29, 1.82) is 0 Å². The topological polar surface area (TPSA) is 41.1 Å². The van der Waals surface area contributed by atoms with Crippen LogP contribution in [0.2, 0.25) is 0 Å². The maximum Gasteiger partial charge on any atom is 0.323 e. The van der Waals surface area contributed by atoms with Crippen LogP contribution in [0.25, 0.3) is 0 Å². The van der Waals surface area contributed by atoms with Crippen LogP contribution in [0.15, 0.2) is 54.6 Å². The Morgan fingerprint density at radius 1 is 0.889 bits per heavy atom. The zero-order valence-electron chi connectivity index (χ0n) is 10.0. The Hall–Kier alpha value is -2.29. The normalized spacial score (nSPS) is 9.83. The van der Waals surface area contributed by atoms with E-state index in [4.69, 9.17) is 0 Å². The molecule has 0 saturated heterocycles. The fourth-order valence-electron chi connectivity index (χ4n) is 1.57. The molecular weight excluding hydrogens is 224 g/mol. The molecule has 18 heavy (non-hydrogen) atoms. The molecule has 0 saturated carbocycles. The van der Waals surface area contributed by atoms with Crippen molar-refractivity contribution in [2.75, 3.05) is 10.6 Å². The molecule has 0 aliphatic rings. The Morgan fingerprint density at radius 3 is 2.00 bits per heavy atom. The van der Waals surface area contributed by atoms with Gasteiger partial charge in [-0.1, -0.05) is 30.3 Å². The summed E-state index contributed by atoms with van der Waals surface area (Å²) in [5.74, 6) is 0. The third kappa shape index (κ3) is 3.35. The summed E-state index contributed by atoms with van der Waals surface area (Å²) in [7, 11) is 0. The molecule has 0 spiro atoms. The van der Waals surface area contributed by atoms with E-state index in [1.54, 1.807) is 0 Å². The molecule has 1 radical (unpaired) electrons. The Balaban J connectivity index is 1.94. The number of nitrogens with one attached hydrogen (secondary N) is 2. The van der Waals surface area contributed by atoms with Crippen molar-refractivity contribution in [3.63, 3.8) is 0 Å². The smallest absolute Gasteiger partial charge is 0.308 e. The summed E-state index contributed by atoms with van der Waals surface area (Å²) in [4.78, 5) is 11.7. The van der Waals surface area contributed by atoms with Crippen molar-refractivity contribution in [3.8, 4) is 0 Å². The summed E-state index contributed by atoms with van der Waals surface area (Å²) in [6.07, 6.45) is 0.747. The van der Waals surface area contributed by atoms with Crippen LogP contribution in [0.5, 0.6) is 0 Å². The quantitative estimate of drug-likeness (QED) is 0.842. The highest BCUT2D eigenvalue weighted by molar-refractivity contribution is 5.99. The predicted octanol–water partition coefficient (Wildman–Crippen LogP) is 3.71. The van der Waals surface area contributed by atoms with Crippen molar-refractivity contribution in [2.45, 2.75) is 6.42 Å².